The third-order valence-corrected chi connectivity index (χ3v) is 5.08. The number of ketones is 1. The molecule has 2 rings (SSSR count). The van der Waals surface area contributed by atoms with E-state index in [4.69, 9.17) is 9.47 Å². The molecule has 0 aromatic heterocycles. The van der Waals surface area contributed by atoms with Crippen LogP contribution in [0.3, 0.4) is 0 Å². The summed E-state index contributed by atoms with van der Waals surface area (Å²) < 4.78 is 11.3. The van der Waals surface area contributed by atoms with E-state index < -0.39 is 0 Å². The van der Waals surface area contributed by atoms with Crippen molar-refractivity contribution in [2.24, 2.45) is 11.3 Å². The molecule has 0 saturated heterocycles. The summed E-state index contributed by atoms with van der Waals surface area (Å²) in [5.74, 6) is 1.32. The summed E-state index contributed by atoms with van der Waals surface area (Å²) in [5, 5.41) is 0. The number of hydrogen-bond donors (Lipinski definition) is 0. The summed E-state index contributed by atoms with van der Waals surface area (Å²) >= 11 is 0. The van der Waals surface area contributed by atoms with Gasteiger partial charge >= 0.3 is 0 Å². The van der Waals surface area contributed by atoms with Crippen molar-refractivity contribution in [3.05, 3.63) is 29.3 Å². The normalized spacial score (nSPS) is 18.9. The van der Waals surface area contributed by atoms with Gasteiger partial charge in [-0.15, -0.1) is 0 Å². The molecule has 0 heterocycles. The molecule has 154 valence electrons. The standard InChI is InChI=1S/C23H33NO4/c1-7-27-20-14-16(11-12-19(20)28-15-21(25)24(5)6)13-17-9-8-10-18(22(17)26)23(2,3)4/h11-14,18H,7-10,15H2,1-6H3/b17-13+/t18-/m0/s1. The van der Waals surface area contributed by atoms with Crippen molar-refractivity contribution in [3.63, 3.8) is 0 Å². The highest BCUT2D eigenvalue weighted by atomic mass is 16.5. The van der Waals surface area contributed by atoms with Crippen molar-refractivity contribution in [1.29, 1.82) is 0 Å². The van der Waals surface area contributed by atoms with Crippen molar-refractivity contribution >= 4 is 17.8 Å². The van der Waals surface area contributed by atoms with Crippen LogP contribution in [0.1, 0.15) is 52.5 Å². The van der Waals surface area contributed by atoms with Crippen LogP contribution < -0.4 is 9.47 Å². The van der Waals surface area contributed by atoms with Crippen LogP contribution in [0.4, 0.5) is 0 Å². The molecule has 1 saturated carbocycles. The lowest BCUT2D eigenvalue weighted by Gasteiger charge is -2.33. The molecule has 0 bridgehead atoms. The number of ether oxygens (including phenoxy) is 2. The second kappa shape index (κ2) is 9.26. The van der Waals surface area contributed by atoms with Gasteiger partial charge in [0.1, 0.15) is 0 Å². The maximum Gasteiger partial charge on any atom is 0.259 e. The Morgan fingerprint density at radius 2 is 1.93 bits per heavy atom. The molecule has 5 heteroatoms. The van der Waals surface area contributed by atoms with Gasteiger partial charge in [-0.2, -0.15) is 0 Å². The van der Waals surface area contributed by atoms with Crippen LogP contribution in [0.25, 0.3) is 6.08 Å². The maximum atomic E-state index is 12.9. The van der Waals surface area contributed by atoms with Crippen molar-refractivity contribution in [2.75, 3.05) is 27.3 Å². The molecule has 1 fully saturated rings. The number of rotatable bonds is 6. The molecule has 1 aliphatic carbocycles. The minimum Gasteiger partial charge on any atom is -0.490 e. The number of hydrogen-bond acceptors (Lipinski definition) is 4. The predicted molar refractivity (Wildman–Crippen MR) is 112 cm³/mol. The maximum absolute atomic E-state index is 12.9. The number of carbonyl (C=O) groups is 2. The van der Waals surface area contributed by atoms with Gasteiger partial charge < -0.3 is 14.4 Å². The van der Waals surface area contributed by atoms with E-state index in [9.17, 15) is 9.59 Å². The van der Waals surface area contributed by atoms with Crippen LogP contribution in [0, 0.1) is 11.3 Å². The highest BCUT2D eigenvalue weighted by Gasteiger charge is 2.35. The zero-order valence-corrected chi connectivity index (χ0v) is 18.0. The largest absolute Gasteiger partial charge is 0.490 e. The molecule has 28 heavy (non-hydrogen) atoms. The quantitative estimate of drug-likeness (QED) is 0.681. The molecule has 5 nitrogen and oxygen atoms in total. The molecule has 0 aliphatic heterocycles. The number of nitrogens with zero attached hydrogens (tertiary/aromatic N) is 1. The third-order valence-electron chi connectivity index (χ3n) is 5.08. The lowest BCUT2D eigenvalue weighted by molar-refractivity contribution is -0.130. The highest BCUT2D eigenvalue weighted by Crippen LogP contribution is 2.38. The first-order valence-electron chi connectivity index (χ1n) is 9.98. The Bertz CT molecular complexity index is 743. The molecule has 1 aromatic carbocycles. The van der Waals surface area contributed by atoms with Gasteiger partial charge in [-0.25, -0.2) is 0 Å². The molecule has 0 spiro atoms. The van der Waals surface area contributed by atoms with E-state index in [1.165, 1.54) is 4.90 Å². The Labute approximate surface area is 168 Å². The summed E-state index contributed by atoms with van der Waals surface area (Å²) in [6, 6.07) is 5.58. The highest BCUT2D eigenvalue weighted by molar-refractivity contribution is 6.02. The first kappa shape index (κ1) is 22.0. The zero-order chi connectivity index (χ0) is 20.9. The second-order valence-corrected chi connectivity index (χ2v) is 8.56. The smallest absolute Gasteiger partial charge is 0.259 e. The van der Waals surface area contributed by atoms with Gasteiger partial charge in [0.05, 0.1) is 6.61 Å². The van der Waals surface area contributed by atoms with Crippen molar-refractivity contribution in [3.8, 4) is 11.5 Å². The van der Waals surface area contributed by atoms with Gasteiger partial charge in [-0.1, -0.05) is 26.8 Å². The van der Waals surface area contributed by atoms with E-state index in [-0.39, 0.29) is 29.6 Å². The topological polar surface area (TPSA) is 55.8 Å². The van der Waals surface area contributed by atoms with E-state index in [0.717, 1.165) is 30.4 Å². The first-order chi connectivity index (χ1) is 13.1. The third kappa shape index (κ3) is 5.60. The fourth-order valence-electron chi connectivity index (χ4n) is 3.42. The van der Waals surface area contributed by atoms with E-state index >= 15 is 0 Å². The summed E-state index contributed by atoms with van der Waals surface area (Å²) in [4.78, 5) is 26.2. The van der Waals surface area contributed by atoms with E-state index in [2.05, 4.69) is 20.8 Å². The van der Waals surface area contributed by atoms with Gasteiger partial charge in [-0.05, 0) is 60.9 Å². The predicted octanol–water partition coefficient (Wildman–Crippen LogP) is 4.35. The number of amides is 1. The van der Waals surface area contributed by atoms with Crippen LogP contribution in [0.5, 0.6) is 11.5 Å². The minimum absolute atomic E-state index is 0.0241. The second-order valence-electron chi connectivity index (χ2n) is 8.56. The number of carbonyl (C=O) groups excluding carboxylic acids is 2. The van der Waals surface area contributed by atoms with Crippen molar-refractivity contribution in [2.45, 2.75) is 47.0 Å². The average Bonchev–Trinajstić information content (AvgIpc) is 2.61. The summed E-state index contributed by atoms with van der Waals surface area (Å²) in [7, 11) is 3.38. The Balaban J connectivity index is 2.24. The Kier molecular flexibility index (Phi) is 7.28. The molecule has 1 amide bonds. The monoisotopic (exact) mass is 387 g/mol. The molecule has 1 aromatic rings. The number of benzene rings is 1. The fraction of sp³-hybridized carbons (Fsp3) is 0.565. The Morgan fingerprint density at radius 1 is 1.21 bits per heavy atom. The summed E-state index contributed by atoms with van der Waals surface area (Å²) in [6.45, 7) is 8.74. The molecule has 1 aliphatic rings. The fourth-order valence-corrected chi connectivity index (χ4v) is 3.42. The van der Waals surface area contributed by atoms with Gasteiger partial charge in [-0.3, -0.25) is 9.59 Å². The number of Topliss-reactive ketones (excluding diaryl/α,β-unsaturated/α-hetero) is 1. The van der Waals surface area contributed by atoms with Crippen molar-refractivity contribution in [1.82, 2.24) is 4.90 Å². The molecular weight excluding hydrogens is 354 g/mol. The molecule has 0 unspecified atom stereocenters. The van der Waals surface area contributed by atoms with Gasteiger partial charge in [0.25, 0.3) is 5.91 Å². The molecule has 0 radical (unpaired) electrons. The van der Waals surface area contributed by atoms with E-state index in [1.54, 1.807) is 20.2 Å². The minimum atomic E-state index is -0.116. The SMILES string of the molecule is CCOc1cc(/C=C2\CCC[C@H](C(C)(C)C)C2=O)ccc1OCC(=O)N(C)C. The van der Waals surface area contributed by atoms with Crippen LogP contribution >= 0.6 is 0 Å². The number of likely N-dealkylation sites (N-methyl/N-ethyl adjacent to an activating group) is 1. The van der Waals surface area contributed by atoms with Gasteiger partial charge in [0.15, 0.2) is 23.9 Å². The molecule has 0 N–H and O–H groups in total. The van der Waals surface area contributed by atoms with E-state index in [1.807, 2.05) is 25.1 Å². The number of allylic oxidation sites excluding steroid dienone is 1. The summed E-state index contributed by atoms with van der Waals surface area (Å²) in [6.07, 6.45) is 4.77. The Morgan fingerprint density at radius 3 is 2.54 bits per heavy atom. The zero-order valence-electron chi connectivity index (χ0n) is 18.0. The lowest BCUT2D eigenvalue weighted by atomic mass is 9.70. The first-order valence-corrected chi connectivity index (χ1v) is 9.98. The Hall–Kier alpha value is -2.30. The van der Waals surface area contributed by atoms with Gasteiger partial charge in [0.2, 0.25) is 0 Å². The van der Waals surface area contributed by atoms with E-state index in [0.29, 0.717) is 18.1 Å². The van der Waals surface area contributed by atoms with Crippen LogP contribution in [-0.4, -0.2) is 43.9 Å². The van der Waals surface area contributed by atoms with Crippen LogP contribution in [0.15, 0.2) is 23.8 Å². The van der Waals surface area contributed by atoms with Crippen LogP contribution in [-0.2, 0) is 9.59 Å². The average molecular weight is 388 g/mol. The molecule has 1 atom stereocenters. The summed E-state index contributed by atoms with van der Waals surface area (Å²) in [5.41, 5.74) is 1.77. The van der Waals surface area contributed by atoms with Crippen molar-refractivity contribution < 1.29 is 19.1 Å². The van der Waals surface area contributed by atoms with Crippen LogP contribution in [0.2, 0.25) is 0 Å². The lowest BCUT2D eigenvalue weighted by Crippen LogP contribution is -2.32. The van der Waals surface area contributed by atoms with Gasteiger partial charge in [0, 0.05) is 20.0 Å². The molecular formula is C23H33NO4.